The first-order valence-corrected chi connectivity index (χ1v) is 10.9. The van der Waals surface area contributed by atoms with Crippen LogP contribution in [0.5, 0.6) is 0 Å². The van der Waals surface area contributed by atoms with E-state index in [1.807, 2.05) is 0 Å². The van der Waals surface area contributed by atoms with Crippen molar-refractivity contribution in [2.24, 2.45) is 28.7 Å². The molecule has 0 aromatic rings. The van der Waals surface area contributed by atoms with Crippen molar-refractivity contribution in [3.05, 3.63) is 0 Å². The normalized spacial score (nSPS) is 53.7. The zero-order chi connectivity index (χ0) is 24.6. The summed E-state index contributed by atoms with van der Waals surface area (Å²) in [5, 5.41) is 61.7. The fourth-order valence-electron chi connectivity index (χ4n) is 4.44. The Morgan fingerprint density at radius 3 is 1.55 bits per heavy atom. The Labute approximate surface area is 190 Å². The van der Waals surface area contributed by atoms with E-state index in [1.54, 1.807) is 0 Å². The van der Waals surface area contributed by atoms with Crippen LogP contribution in [0.3, 0.4) is 0 Å². The number of hydrogen-bond acceptors (Lipinski definition) is 15. The third-order valence-electron chi connectivity index (χ3n) is 6.53. The highest BCUT2D eigenvalue weighted by Crippen LogP contribution is 2.31. The molecule has 15 nitrogen and oxygen atoms in total. The summed E-state index contributed by atoms with van der Waals surface area (Å²) < 4.78 is 22.4. The molecule has 0 aromatic carbocycles. The molecule has 0 bridgehead atoms. The third-order valence-corrected chi connectivity index (χ3v) is 6.53. The van der Waals surface area contributed by atoms with Gasteiger partial charge < -0.3 is 78.3 Å². The van der Waals surface area contributed by atoms with E-state index < -0.39 is 91.7 Å². The largest absolute Gasteiger partial charge is 0.389 e. The van der Waals surface area contributed by atoms with Crippen molar-refractivity contribution in [1.82, 2.24) is 0 Å². The summed E-state index contributed by atoms with van der Waals surface area (Å²) in [5.74, 6) is 0. The number of nitrogens with two attached hydrogens (primary N) is 5. The predicted molar refractivity (Wildman–Crippen MR) is 110 cm³/mol. The third kappa shape index (κ3) is 5.32. The lowest BCUT2D eigenvalue weighted by Gasteiger charge is -2.48. The minimum absolute atomic E-state index is 0.0925. The second kappa shape index (κ2) is 11.0. The Bertz CT molecular complexity index is 585. The van der Waals surface area contributed by atoms with Gasteiger partial charge in [0.05, 0.1) is 12.1 Å². The first kappa shape index (κ1) is 27.0. The molecule has 1 saturated carbocycles. The van der Waals surface area contributed by atoms with Crippen molar-refractivity contribution in [3.8, 4) is 0 Å². The van der Waals surface area contributed by atoms with Gasteiger partial charge in [0, 0.05) is 25.2 Å². The second-order valence-corrected chi connectivity index (χ2v) is 8.84. The molecule has 1 aliphatic carbocycles. The summed E-state index contributed by atoms with van der Waals surface area (Å²) in [7, 11) is 0. The smallest absolute Gasteiger partial charge is 0.187 e. The molecular formula is C18H37N5O10. The maximum absolute atomic E-state index is 11.0. The van der Waals surface area contributed by atoms with E-state index in [-0.39, 0.29) is 19.5 Å². The second-order valence-electron chi connectivity index (χ2n) is 8.84. The van der Waals surface area contributed by atoms with E-state index in [2.05, 4.69) is 0 Å². The monoisotopic (exact) mass is 483 g/mol. The average Bonchev–Trinajstić information content (AvgIpc) is 2.79. The van der Waals surface area contributed by atoms with Gasteiger partial charge in [-0.1, -0.05) is 0 Å². The molecule has 194 valence electrons. The van der Waals surface area contributed by atoms with Gasteiger partial charge in [0.25, 0.3) is 0 Å². The maximum Gasteiger partial charge on any atom is 0.187 e. The highest BCUT2D eigenvalue weighted by atomic mass is 16.7. The highest BCUT2D eigenvalue weighted by Gasteiger charge is 2.51. The fourth-order valence-corrected chi connectivity index (χ4v) is 4.44. The van der Waals surface area contributed by atoms with Crippen molar-refractivity contribution >= 4 is 0 Å². The van der Waals surface area contributed by atoms with Crippen LogP contribution in [0, 0.1) is 0 Å². The van der Waals surface area contributed by atoms with E-state index in [0.717, 1.165) is 0 Å². The first-order chi connectivity index (χ1) is 15.5. The van der Waals surface area contributed by atoms with E-state index in [4.69, 9.17) is 47.6 Å². The lowest BCUT2D eigenvalue weighted by Crippen LogP contribution is -2.68. The molecule has 0 spiro atoms. The van der Waals surface area contributed by atoms with Gasteiger partial charge in [0.2, 0.25) is 0 Å². The molecule has 3 fully saturated rings. The number of rotatable bonds is 6. The van der Waals surface area contributed by atoms with Gasteiger partial charge in [-0.05, 0) is 6.42 Å². The first-order valence-electron chi connectivity index (χ1n) is 10.9. The van der Waals surface area contributed by atoms with Crippen molar-refractivity contribution in [3.63, 3.8) is 0 Å². The van der Waals surface area contributed by atoms with Crippen molar-refractivity contribution in [2.45, 2.75) is 98.2 Å². The standard InChI is InChI=1S/C18H37N5O10/c19-2-6-9(24)8(23)11(26)17(30-6)32-15-4(21)1-5(22)16(14(15)29)33-18-13(28)12(27)10(25)7(3-20)31-18/h4-18,24-29H,1-3,19-23H2/t4-,5+,6-,7-,8+,9-,10-,11-,12+,13-,14-,15+,16-,17-,18-/m1/s1. The van der Waals surface area contributed by atoms with Crippen LogP contribution in [0.2, 0.25) is 0 Å². The Hall–Kier alpha value is -0.600. The molecule has 0 aromatic heterocycles. The molecule has 0 amide bonds. The molecular weight excluding hydrogens is 446 g/mol. The van der Waals surface area contributed by atoms with Crippen LogP contribution in [0.4, 0.5) is 0 Å². The Kier molecular flexibility index (Phi) is 8.99. The van der Waals surface area contributed by atoms with Gasteiger partial charge in [0.1, 0.15) is 54.9 Å². The molecule has 3 rings (SSSR count). The van der Waals surface area contributed by atoms with Gasteiger partial charge in [-0.2, -0.15) is 0 Å². The summed E-state index contributed by atoms with van der Waals surface area (Å²) in [5.41, 5.74) is 29.2. The minimum Gasteiger partial charge on any atom is -0.389 e. The quantitative estimate of drug-likeness (QED) is 0.167. The van der Waals surface area contributed by atoms with Gasteiger partial charge in [0.15, 0.2) is 12.6 Å². The van der Waals surface area contributed by atoms with E-state index in [0.29, 0.717) is 0 Å². The molecule has 3 aliphatic rings. The average molecular weight is 484 g/mol. The van der Waals surface area contributed by atoms with E-state index in [9.17, 15) is 30.6 Å². The summed E-state index contributed by atoms with van der Waals surface area (Å²) in [6.07, 6.45) is -15.8. The summed E-state index contributed by atoms with van der Waals surface area (Å²) in [6, 6.07) is -2.73. The summed E-state index contributed by atoms with van der Waals surface area (Å²) in [6.45, 7) is -0.253. The minimum atomic E-state index is -1.65. The van der Waals surface area contributed by atoms with Crippen LogP contribution in [-0.2, 0) is 18.9 Å². The number of aliphatic hydroxyl groups excluding tert-OH is 6. The SMILES string of the molecule is NC[C@H]1O[C@H](O[C@@H]2[C@@H](O)[C@H](O[C@H]3O[C@H](CN)[C@@H](O)[C@H](O)[C@H]3O)[C@@H](N)C[C@H]2N)[C@H](O)[C@@H](N)[C@@H]1O. The summed E-state index contributed by atoms with van der Waals surface area (Å²) >= 11 is 0. The highest BCUT2D eigenvalue weighted by molar-refractivity contribution is 5.01. The molecule has 16 N–H and O–H groups in total. The Morgan fingerprint density at radius 2 is 1.06 bits per heavy atom. The van der Waals surface area contributed by atoms with E-state index in [1.165, 1.54) is 0 Å². The van der Waals surface area contributed by atoms with Gasteiger partial charge in [-0.15, -0.1) is 0 Å². The Balaban J connectivity index is 1.72. The molecule has 33 heavy (non-hydrogen) atoms. The number of hydrogen-bond donors (Lipinski definition) is 11. The molecule has 2 aliphatic heterocycles. The lowest BCUT2D eigenvalue weighted by atomic mass is 9.84. The van der Waals surface area contributed by atoms with Crippen molar-refractivity contribution in [2.75, 3.05) is 13.1 Å². The molecule has 0 radical (unpaired) electrons. The fraction of sp³-hybridized carbons (Fsp3) is 1.00. The van der Waals surface area contributed by atoms with Crippen molar-refractivity contribution in [1.29, 1.82) is 0 Å². The predicted octanol–water partition coefficient (Wildman–Crippen LogP) is -7.33. The van der Waals surface area contributed by atoms with Gasteiger partial charge >= 0.3 is 0 Å². The molecule has 2 saturated heterocycles. The number of aliphatic hydroxyl groups is 6. The van der Waals surface area contributed by atoms with Crippen LogP contribution < -0.4 is 28.7 Å². The van der Waals surface area contributed by atoms with Crippen LogP contribution >= 0.6 is 0 Å². The number of ether oxygens (including phenoxy) is 4. The van der Waals surface area contributed by atoms with Gasteiger partial charge in [-0.3, -0.25) is 0 Å². The zero-order valence-corrected chi connectivity index (χ0v) is 18.0. The Morgan fingerprint density at radius 1 is 0.606 bits per heavy atom. The summed E-state index contributed by atoms with van der Waals surface area (Å²) in [4.78, 5) is 0. The van der Waals surface area contributed by atoms with Crippen LogP contribution in [0.15, 0.2) is 0 Å². The van der Waals surface area contributed by atoms with Crippen molar-refractivity contribution < 1.29 is 49.6 Å². The van der Waals surface area contributed by atoms with Crippen LogP contribution in [0.25, 0.3) is 0 Å². The van der Waals surface area contributed by atoms with Crippen LogP contribution in [0.1, 0.15) is 6.42 Å². The maximum atomic E-state index is 11.0. The molecule has 15 atom stereocenters. The van der Waals surface area contributed by atoms with Gasteiger partial charge in [-0.25, -0.2) is 0 Å². The lowest BCUT2D eigenvalue weighted by molar-refractivity contribution is -0.330. The zero-order valence-electron chi connectivity index (χ0n) is 18.0. The topological polar surface area (TPSA) is 288 Å². The molecule has 2 heterocycles. The van der Waals surface area contributed by atoms with E-state index >= 15 is 0 Å². The molecule has 0 unspecified atom stereocenters. The van der Waals surface area contributed by atoms with Crippen LogP contribution in [-0.4, -0.2) is 135 Å². The molecule has 15 heteroatoms.